The highest BCUT2D eigenvalue weighted by molar-refractivity contribution is 5.95. The Balaban J connectivity index is 1.39. The van der Waals surface area contributed by atoms with Gasteiger partial charge in [0.25, 0.3) is 5.91 Å². The van der Waals surface area contributed by atoms with Crippen LogP contribution in [0.2, 0.25) is 0 Å². The Hall–Kier alpha value is -2.74. The van der Waals surface area contributed by atoms with E-state index in [1.54, 1.807) is 19.2 Å². The molecule has 8 heteroatoms. The maximum atomic E-state index is 12.7. The first-order chi connectivity index (χ1) is 13.6. The molecule has 0 spiro atoms. The number of hydrogen-bond donors (Lipinski definition) is 1. The van der Waals surface area contributed by atoms with Crippen molar-refractivity contribution in [3.63, 3.8) is 0 Å². The van der Waals surface area contributed by atoms with Gasteiger partial charge in [-0.3, -0.25) is 4.79 Å². The summed E-state index contributed by atoms with van der Waals surface area (Å²) in [7, 11) is 0. The minimum absolute atomic E-state index is 0.0112. The van der Waals surface area contributed by atoms with Crippen molar-refractivity contribution in [2.45, 2.75) is 44.8 Å². The molecule has 0 aliphatic carbocycles. The van der Waals surface area contributed by atoms with Gasteiger partial charge in [0.05, 0.1) is 0 Å². The normalized spacial score (nSPS) is 20.3. The molecule has 2 aromatic heterocycles. The molecule has 2 fully saturated rings. The summed E-state index contributed by atoms with van der Waals surface area (Å²) in [4.78, 5) is 27.3. The summed E-state index contributed by atoms with van der Waals surface area (Å²) in [5, 5.41) is 11.0. The smallest absolute Gasteiger partial charge is 0.349 e. The molecule has 2 aliphatic rings. The zero-order valence-corrected chi connectivity index (χ0v) is 15.9. The number of piperidine rings is 1. The number of aryl methyl sites for hydroxylation is 1. The monoisotopic (exact) mass is 384 g/mol. The van der Waals surface area contributed by atoms with Crippen LogP contribution in [0, 0.1) is 6.92 Å². The summed E-state index contributed by atoms with van der Waals surface area (Å²) in [6.07, 6.45) is 4.80. The summed E-state index contributed by atoms with van der Waals surface area (Å²) in [5.74, 6) is 0.977. The number of nitrogens with one attached hydrogen (secondary N) is 1. The molecule has 0 aromatic carbocycles. The SMILES string of the molecule is Cc1cc(C2CCCO2)oc(=O)c1C(=O)NC1CCN(c2cccnn2)CC1. The molecule has 4 heterocycles. The number of aromatic nitrogens is 2. The molecule has 1 amide bonds. The average Bonchev–Trinajstić information content (AvgIpc) is 3.23. The number of hydrogen-bond acceptors (Lipinski definition) is 7. The predicted molar refractivity (Wildman–Crippen MR) is 102 cm³/mol. The summed E-state index contributed by atoms with van der Waals surface area (Å²) in [5.41, 5.74) is 0.106. The molecular weight excluding hydrogens is 360 g/mol. The van der Waals surface area contributed by atoms with Crippen LogP contribution in [0.4, 0.5) is 5.82 Å². The second-order valence-corrected chi connectivity index (χ2v) is 7.31. The highest BCUT2D eigenvalue weighted by Crippen LogP contribution is 2.28. The first-order valence-corrected chi connectivity index (χ1v) is 9.71. The van der Waals surface area contributed by atoms with E-state index in [9.17, 15) is 9.59 Å². The lowest BCUT2D eigenvalue weighted by molar-refractivity contribution is 0.0876. The van der Waals surface area contributed by atoms with Crippen LogP contribution < -0.4 is 15.8 Å². The number of rotatable bonds is 4. The third kappa shape index (κ3) is 3.91. The fraction of sp³-hybridized carbons (Fsp3) is 0.500. The molecule has 2 saturated heterocycles. The van der Waals surface area contributed by atoms with Gasteiger partial charge in [-0.1, -0.05) is 0 Å². The second kappa shape index (κ2) is 8.10. The number of amides is 1. The number of nitrogens with zero attached hydrogens (tertiary/aromatic N) is 3. The predicted octanol–water partition coefficient (Wildman–Crippen LogP) is 1.99. The van der Waals surface area contributed by atoms with Crippen molar-refractivity contribution in [1.82, 2.24) is 15.5 Å². The Morgan fingerprint density at radius 1 is 1.29 bits per heavy atom. The van der Waals surface area contributed by atoms with E-state index in [0.29, 0.717) is 17.9 Å². The van der Waals surface area contributed by atoms with Crippen LogP contribution >= 0.6 is 0 Å². The maximum Gasteiger partial charge on any atom is 0.349 e. The van der Waals surface area contributed by atoms with Gasteiger partial charge in [0.2, 0.25) is 0 Å². The number of anilines is 1. The van der Waals surface area contributed by atoms with Crippen molar-refractivity contribution in [3.05, 3.63) is 51.7 Å². The molecule has 148 valence electrons. The van der Waals surface area contributed by atoms with Crippen LogP contribution in [0.25, 0.3) is 0 Å². The highest BCUT2D eigenvalue weighted by atomic mass is 16.5. The third-order valence-corrected chi connectivity index (χ3v) is 5.35. The zero-order chi connectivity index (χ0) is 19.5. The zero-order valence-electron chi connectivity index (χ0n) is 15.9. The number of carbonyl (C=O) groups is 1. The van der Waals surface area contributed by atoms with Crippen molar-refractivity contribution in [2.75, 3.05) is 24.6 Å². The molecule has 4 rings (SSSR count). The van der Waals surface area contributed by atoms with E-state index in [2.05, 4.69) is 20.4 Å². The standard InChI is InChI=1S/C20H24N4O4/c1-13-12-16(15-4-3-11-27-15)28-20(26)18(13)19(25)22-14-6-9-24(10-7-14)17-5-2-8-21-23-17/h2,5,8,12,14-15H,3-4,6-7,9-11H2,1H3,(H,22,25). The molecule has 1 N–H and O–H groups in total. The molecular formula is C20H24N4O4. The van der Waals surface area contributed by atoms with Gasteiger partial charge in [0.1, 0.15) is 17.4 Å². The van der Waals surface area contributed by atoms with Crippen LogP contribution in [0.1, 0.15) is 53.5 Å². The first-order valence-electron chi connectivity index (χ1n) is 9.71. The molecule has 1 atom stereocenters. The van der Waals surface area contributed by atoms with Gasteiger partial charge in [-0.25, -0.2) is 4.79 Å². The lowest BCUT2D eigenvalue weighted by Gasteiger charge is -2.32. The first kappa shape index (κ1) is 18.6. The van der Waals surface area contributed by atoms with E-state index < -0.39 is 5.63 Å². The minimum atomic E-state index is -0.597. The Bertz CT molecular complexity index is 885. The lowest BCUT2D eigenvalue weighted by atomic mass is 10.0. The topological polar surface area (TPSA) is 97.6 Å². The van der Waals surface area contributed by atoms with Crippen LogP contribution in [-0.4, -0.2) is 41.8 Å². The fourth-order valence-electron chi connectivity index (χ4n) is 3.84. The van der Waals surface area contributed by atoms with Gasteiger partial charge in [0.15, 0.2) is 5.82 Å². The van der Waals surface area contributed by atoms with Gasteiger partial charge >= 0.3 is 5.63 Å². The Labute approximate surface area is 162 Å². The number of ether oxygens (including phenoxy) is 1. The Morgan fingerprint density at radius 2 is 2.11 bits per heavy atom. The van der Waals surface area contributed by atoms with Crippen LogP contribution in [0.3, 0.4) is 0 Å². The van der Waals surface area contributed by atoms with E-state index >= 15 is 0 Å². The fourth-order valence-corrected chi connectivity index (χ4v) is 3.84. The minimum Gasteiger partial charge on any atom is -0.424 e. The molecule has 2 aromatic rings. The molecule has 0 radical (unpaired) electrons. The van der Waals surface area contributed by atoms with Gasteiger partial charge in [-0.2, -0.15) is 5.10 Å². The highest BCUT2D eigenvalue weighted by Gasteiger charge is 2.26. The van der Waals surface area contributed by atoms with Gasteiger partial charge in [-0.05, 0) is 56.4 Å². The van der Waals surface area contributed by atoms with E-state index in [1.807, 2.05) is 12.1 Å². The molecule has 2 aliphatic heterocycles. The molecule has 0 saturated carbocycles. The van der Waals surface area contributed by atoms with Crippen LogP contribution in [0.15, 0.2) is 33.6 Å². The lowest BCUT2D eigenvalue weighted by Crippen LogP contribution is -2.46. The largest absolute Gasteiger partial charge is 0.424 e. The van der Waals surface area contributed by atoms with Gasteiger partial charge in [0, 0.05) is 31.9 Å². The van der Waals surface area contributed by atoms with Crippen molar-refractivity contribution in [1.29, 1.82) is 0 Å². The van der Waals surface area contributed by atoms with Crippen molar-refractivity contribution in [3.8, 4) is 0 Å². The average molecular weight is 384 g/mol. The summed E-state index contributed by atoms with van der Waals surface area (Å²) in [6, 6.07) is 5.55. The van der Waals surface area contributed by atoms with Crippen LogP contribution in [-0.2, 0) is 4.74 Å². The third-order valence-electron chi connectivity index (χ3n) is 5.35. The van der Waals surface area contributed by atoms with Gasteiger partial charge in [-0.15, -0.1) is 5.10 Å². The summed E-state index contributed by atoms with van der Waals surface area (Å²) in [6.45, 7) is 3.98. The Kier molecular flexibility index (Phi) is 5.38. The van der Waals surface area contributed by atoms with E-state index in [0.717, 1.165) is 44.6 Å². The molecule has 28 heavy (non-hydrogen) atoms. The maximum absolute atomic E-state index is 12.7. The molecule has 1 unspecified atom stereocenters. The molecule has 8 nitrogen and oxygen atoms in total. The van der Waals surface area contributed by atoms with E-state index in [1.165, 1.54) is 0 Å². The van der Waals surface area contributed by atoms with Crippen molar-refractivity contribution in [2.24, 2.45) is 0 Å². The summed E-state index contributed by atoms with van der Waals surface area (Å²) >= 11 is 0. The Morgan fingerprint density at radius 3 is 2.75 bits per heavy atom. The summed E-state index contributed by atoms with van der Waals surface area (Å²) < 4.78 is 11.0. The quantitative estimate of drug-likeness (QED) is 0.861. The molecule has 0 bridgehead atoms. The van der Waals surface area contributed by atoms with Crippen LogP contribution in [0.5, 0.6) is 0 Å². The van der Waals surface area contributed by atoms with E-state index in [4.69, 9.17) is 9.15 Å². The van der Waals surface area contributed by atoms with Crippen molar-refractivity contribution >= 4 is 11.7 Å². The van der Waals surface area contributed by atoms with Gasteiger partial charge < -0.3 is 19.4 Å². The van der Waals surface area contributed by atoms with Crippen molar-refractivity contribution < 1.29 is 13.9 Å². The second-order valence-electron chi connectivity index (χ2n) is 7.31. The van der Waals surface area contributed by atoms with E-state index in [-0.39, 0.29) is 23.6 Å². The number of carbonyl (C=O) groups excluding carboxylic acids is 1.